The molecule has 0 aromatic heterocycles. The Morgan fingerprint density at radius 2 is 1.05 bits per heavy atom. The molecule has 2 atom stereocenters. The summed E-state index contributed by atoms with van der Waals surface area (Å²) >= 11 is 13.0. The molecule has 2 rings (SSSR count). The first-order valence-corrected chi connectivity index (χ1v) is 24.7. The Bertz CT molecular complexity index is 980. The summed E-state index contributed by atoms with van der Waals surface area (Å²) in [7, 11) is -3.12. The molecule has 0 heterocycles. The fraction of sp³-hybridized carbons (Fsp3) is 0.667. The lowest BCUT2D eigenvalue weighted by molar-refractivity contribution is 0.163. The van der Waals surface area contributed by atoms with Crippen molar-refractivity contribution in [2.45, 2.75) is 155 Å². The minimum Gasteiger partial charge on any atom is -0.410 e. The highest BCUT2D eigenvalue weighted by Gasteiger charge is 2.39. The average Bonchev–Trinajstić information content (AvgIpc) is 2.88. The Morgan fingerprint density at radius 3 is 1.40 bits per heavy atom. The largest absolute Gasteiger partial charge is 0.410 e. The van der Waals surface area contributed by atoms with Crippen LogP contribution in [0.25, 0.3) is 0 Å². The van der Waals surface area contributed by atoms with E-state index in [1.54, 1.807) is 0 Å². The third-order valence-corrected chi connectivity index (χ3v) is 19.5. The van der Waals surface area contributed by atoms with Gasteiger partial charge in [-0.1, -0.05) is 163 Å². The van der Waals surface area contributed by atoms with E-state index in [2.05, 4.69) is 138 Å². The summed E-state index contributed by atoms with van der Waals surface area (Å²) in [4.78, 5) is 0. The summed E-state index contributed by atoms with van der Waals surface area (Å²) in [6.07, 6.45) is 9.24. The third-order valence-electron chi connectivity index (χ3n) is 8.67. The zero-order valence-electron chi connectivity index (χ0n) is 29.4. The van der Waals surface area contributed by atoms with Crippen LogP contribution in [0.4, 0.5) is 0 Å². The zero-order chi connectivity index (χ0) is 33.5. The number of rotatable bonds is 12. The highest BCUT2D eigenvalue weighted by atomic mass is 79.9. The number of aliphatic hydroxyl groups excluding tert-OH is 1. The van der Waals surface area contributed by atoms with Crippen molar-refractivity contribution in [1.29, 1.82) is 0 Å². The lowest BCUT2D eigenvalue weighted by Gasteiger charge is -2.39. The molecule has 2 nitrogen and oxygen atoms in total. The molecule has 0 aliphatic carbocycles. The van der Waals surface area contributed by atoms with E-state index in [-0.39, 0.29) is 17.2 Å². The van der Waals surface area contributed by atoms with Gasteiger partial charge in [0, 0.05) is 8.95 Å². The normalized spacial score (nSPS) is 13.8. The molecule has 1 N–H and O–H groups in total. The highest BCUT2D eigenvalue weighted by molar-refractivity contribution is 9.10. The van der Waals surface area contributed by atoms with Crippen molar-refractivity contribution in [3.05, 3.63) is 68.6 Å². The number of benzene rings is 2. The third kappa shape index (κ3) is 18.1. The Morgan fingerprint density at radius 1 is 0.674 bits per heavy atom. The molecule has 0 radical (unpaired) electrons. The lowest BCUT2D eigenvalue weighted by atomic mass is 10.0. The Labute approximate surface area is 290 Å². The van der Waals surface area contributed by atoms with E-state index in [4.69, 9.17) is 15.5 Å². The van der Waals surface area contributed by atoms with Crippen LogP contribution in [0.3, 0.4) is 0 Å². The van der Waals surface area contributed by atoms with Crippen molar-refractivity contribution < 1.29 is 9.53 Å². The van der Waals surface area contributed by atoms with Crippen LogP contribution in [0.2, 0.25) is 36.3 Å². The number of unbranched alkanes of at least 4 members (excludes halogenated alkanes) is 4. The first-order valence-electron chi connectivity index (χ1n) is 16.2. The molecule has 2 aromatic carbocycles. The van der Waals surface area contributed by atoms with E-state index >= 15 is 0 Å². The summed E-state index contributed by atoms with van der Waals surface area (Å²) in [6, 6.07) is 16.5. The van der Waals surface area contributed by atoms with Crippen molar-refractivity contribution >= 4 is 58.6 Å². The molecule has 0 saturated carbocycles. The Hall–Kier alpha value is 0.0438. The second kappa shape index (κ2) is 20.3. The topological polar surface area (TPSA) is 29.5 Å². The van der Waals surface area contributed by atoms with Gasteiger partial charge in [0.25, 0.3) is 0 Å². The maximum absolute atomic E-state index is 9.82. The van der Waals surface area contributed by atoms with Crippen molar-refractivity contribution in [2.24, 2.45) is 0 Å². The molecular formula is C36H63Br2ClO2Si2. The molecule has 0 fully saturated rings. The van der Waals surface area contributed by atoms with Gasteiger partial charge in [0.05, 0.1) is 12.2 Å². The minimum absolute atomic E-state index is 0.241. The van der Waals surface area contributed by atoms with E-state index in [0.717, 1.165) is 33.8 Å². The lowest BCUT2D eigenvalue weighted by Crippen LogP contribution is -2.41. The quantitative estimate of drug-likeness (QED) is 0.132. The van der Waals surface area contributed by atoms with Crippen molar-refractivity contribution in [1.82, 2.24) is 0 Å². The van der Waals surface area contributed by atoms with Gasteiger partial charge in [0.1, 0.15) is 0 Å². The highest BCUT2D eigenvalue weighted by Crippen LogP contribution is 2.41. The first kappa shape index (κ1) is 43.0. The number of aliphatic hydroxyl groups is 1. The molecule has 0 saturated heterocycles. The summed E-state index contributed by atoms with van der Waals surface area (Å²) in [5.41, 5.74) is 2.34. The van der Waals surface area contributed by atoms with Crippen molar-refractivity contribution in [3.63, 3.8) is 0 Å². The summed E-state index contributed by atoms with van der Waals surface area (Å²) in [6.45, 7) is 27.0. The van der Waals surface area contributed by atoms with Crippen LogP contribution in [0.1, 0.15) is 130 Å². The predicted octanol–water partition coefficient (Wildman–Crippen LogP) is 14.4. The van der Waals surface area contributed by atoms with Crippen LogP contribution in [-0.2, 0) is 4.43 Å². The van der Waals surface area contributed by atoms with Gasteiger partial charge in [-0.25, -0.2) is 0 Å². The monoisotopic (exact) mass is 776 g/mol. The number of hydrogen-bond donors (Lipinski definition) is 1. The van der Waals surface area contributed by atoms with Crippen LogP contribution in [-0.4, -0.2) is 20.8 Å². The Kier molecular flexibility index (Phi) is 20.3. The van der Waals surface area contributed by atoms with Crippen LogP contribution in [0, 0.1) is 0 Å². The van der Waals surface area contributed by atoms with Crippen LogP contribution < -0.4 is 0 Å². The molecule has 248 valence electrons. The van der Waals surface area contributed by atoms with Gasteiger partial charge in [-0.2, -0.15) is 11.1 Å². The first-order chi connectivity index (χ1) is 19.7. The molecule has 0 aliphatic heterocycles. The molecule has 2 aromatic rings. The fourth-order valence-corrected chi connectivity index (χ4v) is 5.37. The van der Waals surface area contributed by atoms with Crippen molar-refractivity contribution in [2.75, 3.05) is 0 Å². The maximum Gasteiger partial charge on any atom is 0.192 e. The standard InChI is InChI=1S/C18H31BrOSi.C12H17BrO.C6H15ClSi/c1-7-8-9-10-17(15-11-13-16(19)14-12-15)20-21(5,6)18(2,3)4;1-2-3-4-5-12(14)10-6-8-11(13)9-7-10;1-6(2,3)8(4,5)7/h11-14,17H,7-10H2,1-6H3;6-9,12,14H,2-5H2,1H3;1-5H3/t17-;12-;/m00./s1. The smallest absolute Gasteiger partial charge is 0.192 e. The predicted molar refractivity (Wildman–Crippen MR) is 206 cm³/mol. The fourth-order valence-electron chi connectivity index (χ4n) is 3.52. The summed E-state index contributed by atoms with van der Waals surface area (Å²) < 4.78 is 8.89. The second-order valence-electron chi connectivity index (χ2n) is 14.7. The van der Waals surface area contributed by atoms with Crippen LogP contribution >= 0.6 is 42.9 Å². The van der Waals surface area contributed by atoms with Crippen LogP contribution in [0.5, 0.6) is 0 Å². The van der Waals surface area contributed by atoms with E-state index in [1.807, 2.05) is 24.3 Å². The van der Waals surface area contributed by atoms with Gasteiger partial charge in [-0.05, 0) is 71.4 Å². The van der Waals surface area contributed by atoms with Gasteiger partial charge in [-0.15, -0.1) is 0 Å². The maximum atomic E-state index is 9.82. The van der Waals surface area contributed by atoms with E-state index in [0.29, 0.717) is 5.04 Å². The van der Waals surface area contributed by atoms with Crippen LogP contribution in [0.15, 0.2) is 57.5 Å². The molecule has 43 heavy (non-hydrogen) atoms. The summed E-state index contributed by atoms with van der Waals surface area (Å²) in [5.74, 6) is 0. The second-order valence-corrected chi connectivity index (χ2v) is 28.6. The molecule has 0 spiro atoms. The van der Waals surface area contributed by atoms with Gasteiger partial charge < -0.3 is 9.53 Å². The van der Waals surface area contributed by atoms with Gasteiger partial charge in [-0.3, -0.25) is 0 Å². The molecule has 0 bridgehead atoms. The number of halogens is 3. The molecule has 7 heteroatoms. The minimum atomic E-state index is -1.74. The van der Waals surface area contributed by atoms with Crippen molar-refractivity contribution in [3.8, 4) is 0 Å². The summed E-state index contributed by atoms with van der Waals surface area (Å²) in [5, 5.41) is 10.4. The van der Waals surface area contributed by atoms with E-state index in [9.17, 15) is 5.11 Å². The van der Waals surface area contributed by atoms with E-state index < -0.39 is 15.7 Å². The zero-order valence-corrected chi connectivity index (χ0v) is 35.3. The molecule has 0 amide bonds. The SMILES string of the molecule is CC(C)(C)[Si](C)(C)Cl.CCCCC[C@H](O)c1ccc(Br)cc1.CCCCC[C@H](O[Si](C)(C)C(C)(C)C)c1ccc(Br)cc1. The Balaban J connectivity index is 0.000000688. The average molecular weight is 779 g/mol. The number of hydrogen-bond acceptors (Lipinski definition) is 2. The van der Waals surface area contributed by atoms with Gasteiger partial charge >= 0.3 is 0 Å². The van der Waals surface area contributed by atoms with Gasteiger partial charge in [0.15, 0.2) is 15.7 Å². The molecule has 0 unspecified atom stereocenters. The van der Waals surface area contributed by atoms with E-state index in [1.165, 1.54) is 37.7 Å². The van der Waals surface area contributed by atoms with Gasteiger partial charge in [0.2, 0.25) is 0 Å². The molecule has 0 aliphatic rings. The molecular weight excluding hydrogens is 716 g/mol.